The minimum absolute atomic E-state index is 0.0510. The molecule has 5 nitrogen and oxygen atoms in total. The number of carbonyl (C=O) groups is 1. The zero-order chi connectivity index (χ0) is 15.6. The van der Waals surface area contributed by atoms with Gasteiger partial charge in [0.1, 0.15) is 0 Å². The van der Waals surface area contributed by atoms with Gasteiger partial charge in [-0.25, -0.2) is 8.42 Å². The van der Waals surface area contributed by atoms with Gasteiger partial charge in [0.2, 0.25) is 0 Å². The second-order valence-corrected chi connectivity index (χ2v) is 7.71. The van der Waals surface area contributed by atoms with Gasteiger partial charge in [0.05, 0.1) is 11.0 Å². The molecule has 21 heavy (non-hydrogen) atoms. The first-order valence-electron chi connectivity index (χ1n) is 6.70. The lowest BCUT2D eigenvalue weighted by atomic mass is 10.0. The fraction of sp³-hybridized carbons (Fsp3) is 0.500. The maximum absolute atomic E-state index is 12.5. The van der Waals surface area contributed by atoms with Crippen molar-refractivity contribution in [3.05, 3.63) is 29.3 Å². The Morgan fingerprint density at radius 2 is 1.95 bits per heavy atom. The van der Waals surface area contributed by atoms with E-state index in [2.05, 4.69) is 0 Å². The number of ether oxygens (including phenoxy) is 1. The van der Waals surface area contributed by atoms with E-state index in [0.29, 0.717) is 18.7 Å². The highest BCUT2D eigenvalue weighted by Crippen LogP contribution is 2.22. The second kappa shape index (κ2) is 6.34. The first kappa shape index (κ1) is 16.3. The molecule has 116 valence electrons. The van der Waals surface area contributed by atoms with Crippen molar-refractivity contribution >= 4 is 25.6 Å². The number of likely N-dealkylation sites (tertiary alicyclic amines) is 1. The molecule has 0 spiro atoms. The lowest BCUT2D eigenvalue weighted by molar-refractivity contribution is 0.0350. The number of amides is 1. The minimum atomic E-state index is -3.84. The van der Waals surface area contributed by atoms with Gasteiger partial charge in [-0.3, -0.25) is 4.79 Å². The minimum Gasteiger partial charge on any atom is -0.381 e. The van der Waals surface area contributed by atoms with Gasteiger partial charge in [-0.05, 0) is 37.5 Å². The van der Waals surface area contributed by atoms with Crippen LogP contribution >= 0.6 is 10.7 Å². The summed E-state index contributed by atoms with van der Waals surface area (Å²) in [5.74, 6) is -0.163. The van der Waals surface area contributed by atoms with E-state index >= 15 is 0 Å². The number of benzene rings is 1. The van der Waals surface area contributed by atoms with E-state index in [1.165, 1.54) is 12.1 Å². The highest BCUT2D eigenvalue weighted by Gasteiger charge is 2.25. The van der Waals surface area contributed by atoms with Crippen LogP contribution in [0, 0.1) is 6.92 Å². The summed E-state index contributed by atoms with van der Waals surface area (Å²) >= 11 is 0. The molecule has 1 heterocycles. The lowest BCUT2D eigenvalue weighted by Crippen LogP contribution is -2.40. The van der Waals surface area contributed by atoms with Gasteiger partial charge >= 0.3 is 0 Å². The lowest BCUT2D eigenvalue weighted by Gasteiger charge is -2.31. The van der Waals surface area contributed by atoms with Crippen LogP contribution in [0.3, 0.4) is 0 Å². The molecule has 2 rings (SSSR count). The zero-order valence-electron chi connectivity index (χ0n) is 12.0. The number of piperidine rings is 1. The standard InChI is InChI=1S/C14H18ClNO4S/c1-10-3-4-12(21(15,18)19)9-13(10)14(17)16-7-5-11(20-2)6-8-16/h3-4,9,11H,5-8H2,1-2H3. The molecule has 1 amide bonds. The number of carbonyl (C=O) groups excluding carboxylic acids is 1. The highest BCUT2D eigenvalue weighted by molar-refractivity contribution is 8.13. The molecule has 0 radical (unpaired) electrons. The van der Waals surface area contributed by atoms with Gasteiger partial charge in [-0.15, -0.1) is 0 Å². The summed E-state index contributed by atoms with van der Waals surface area (Å²) in [4.78, 5) is 14.2. The number of nitrogens with zero attached hydrogens (tertiary/aromatic N) is 1. The quantitative estimate of drug-likeness (QED) is 0.796. The summed E-state index contributed by atoms with van der Waals surface area (Å²) in [6, 6.07) is 4.36. The largest absolute Gasteiger partial charge is 0.381 e. The van der Waals surface area contributed by atoms with Crippen molar-refractivity contribution in [3.8, 4) is 0 Å². The molecule has 7 heteroatoms. The molecule has 0 aliphatic carbocycles. The molecule has 0 N–H and O–H groups in total. The number of rotatable bonds is 3. The van der Waals surface area contributed by atoms with Crippen molar-refractivity contribution in [2.45, 2.75) is 30.8 Å². The van der Waals surface area contributed by atoms with Crippen molar-refractivity contribution in [1.29, 1.82) is 0 Å². The number of aryl methyl sites for hydroxylation is 1. The van der Waals surface area contributed by atoms with Gasteiger partial charge in [-0.2, -0.15) is 0 Å². The Morgan fingerprint density at radius 1 is 1.33 bits per heavy atom. The smallest absolute Gasteiger partial charge is 0.261 e. The van der Waals surface area contributed by atoms with Crippen LogP contribution in [0.5, 0.6) is 0 Å². The molecular formula is C14H18ClNO4S. The molecule has 0 unspecified atom stereocenters. The van der Waals surface area contributed by atoms with Gasteiger partial charge in [0.25, 0.3) is 15.0 Å². The molecule has 0 atom stereocenters. The molecule has 1 aliphatic rings. The molecule has 0 saturated carbocycles. The summed E-state index contributed by atoms with van der Waals surface area (Å²) in [5.41, 5.74) is 1.12. The van der Waals surface area contributed by atoms with Gasteiger partial charge in [-0.1, -0.05) is 6.07 Å². The van der Waals surface area contributed by atoms with Crippen LogP contribution in [0.4, 0.5) is 0 Å². The molecule has 1 saturated heterocycles. The number of halogens is 1. The predicted molar refractivity (Wildman–Crippen MR) is 80.2 cm³/mol. The Labute approximate surface area is 129 Å². The molecule has 0 aromatic heterocycles. The number of methoxy groups -OCH3 is 1. The molecule has 1 fully saturated rings. The normalized spacial score (nSPS) is 17.0. The fourth-order valence-electron chi connectivity index (χ4n) is 2.45. The summed E-state index contributed by atoms with van der Waals surface area (Å²) in [6.45, 7) is 2.99. The summed E-state index contributed by atoms with van der Waals surface area (Å²) < 4.78 is 28.1. The molecule has 0 bridgehead atoms. The SMILES string of the molecule is COC1CCN(C(=O)c2cc(S(=O)(=O)Cl)ccc2C)CC1. The third-order valence-electron chi connectivity index (χ3n) is 3.78. The van der Waals surface area contributed by atoms with Crippen LogP contribution in [-0.4, -0.2) is 45.5 Å². The van der Waals surface area contributed by atoms with Crippen molar-refractivity contribution in [2.24, 2.45) is 0 Å². The van der Waals surface area contributed by atoms with E-state index in [9.17, 15) is 13.2 Å². The summed E-state index contributed by atoms with van der Waals surface area (Å²) in [7, 11) is 3.17. The van der Waals surface area contributed by atoms with Crippen LogP contribution in [-0.2, 0) is 13.8 Å². The first-order chi connectivity index (χ1) is 9.82. The van der Waals surface area contributed by atoms with Crippen LogP contribution in [0.15, 0.2) is 23.1 Å². The fourth-order valence-corrected chi connectivity index (χ4v) is 3.23. The average Bonchev–Trinajstić information content (AvgIpc) is 2.46. The number of hydrogen-bond donors (Lipinski definition) is 0. The van der Waals surface area contributed by atoms with E-state index in [1.54, 1.807) is 25.0 Å². The van der Waals surface area contributed by atoms with Crippen molar-refractivity contribution in [1.82, 2.24) is 4.90 Å². The zero-order valence-corrected chi connectivity index (χ0v) is 13.6. The third kappa shape index (κ3) is 3.75. The maximum atomic E-state index is 12.5. The number of hydrogen-bond acceptors (Lipinski definition) is 4. The Morgan fingerprint density at radius 3 is 2.48 bits per heavy atom. The van der Waals surface area contributed by atoms with Crippen molar-refractivity contribution < 1.29 is 17.9 Å². The van der Waals surface area contributed by atoms with Gasteiger partial charge < -0.3 is 9.64 Å². The molecular weight excluding hydrogens is 314 g/mol. The van der Waals surface area contributed by atoms with E-state index in [0.717, 1.165) is 18.4 Å². The van der Waals surface area contributed by atoms with Gasteiger partial charge in [0, 0.05) is 36.4 Å². The summed E-state index contributed by atoms with van der Waals surface area (Å²) in [5, 5.41) is 0. The Kier molecular flexibility index (Phi) is 4.91. The van der Waals surface area contributed by atoms with Crippen LogP contribution in [0.25, 0.3) is 0 Å². The molecule has 1 aliphatic heterocycles. The predicted octanol–water partition coefficient (Wildman–Crippen LogP) is 2.17. The summed E-state index contributed by atoms with van der Waals surface area (Å²) in [6.07, 6.45) is 1.76. The Bertz CT molecular complexity index is 636. The van der Waals surface area contributed by atoms with E-state index in [-0.39, 0.29) is 16.9 Å². The first-order valence-corrected chi connectivity index (χ1v) is 9.01. The van der Waals surface area contributed by atoms with E-state index in [1.807, 2.05) is 0 Å². The maximum Gasteiger partial charge on any atom is 0.261 e. The topological polar surface area (TPSA) is 63.7 Å². The Balaban J connectivity index is 2.23. The van der Waals surface area contributed by atoms with Crippen LogP contribution in [0.2, 0.25) is 0 Å². The van der Waals surface area contributed by atoms with E-state index in [4.69, 9.17) is 15.4 Å². The van der Waals surface area contributed by atoms with Crippen LogP contribution in [0.1, 0.15) is 28.8 Å². The Hall–Kier alpha value is -1.11. The second-order valence-electron chi connectivity index (χ2n) is 5.14. The van der Waals surface area contributed by atoms with Crippen molar-refractivity contribution in [2.75, 3.05) is 20.2 Å². The average molecular weight is 332 g/mol. The van der Waals surface area contributed by atoms with Crippen molar-refractivity contribution in [3.63, 3.8) is 0 Å². The molecule has 1 aromatic rings. The van der Waals surface area contributed by atoms with Crippen LogP contribution < -0.4 is 0 Å². The monoisotopic (exact) mass is 331 g/mol. The van der Waals surface area contributed by atoms with E-state index < -0.39 is 9.05 Å². The third-order valence-corrected chi connectivity index (χ3v) is 5.14. The van der Waals surface area contributed by atoms with Gasteiger partial charge in [0.15, 0.2) is 0 Å². The molecule has 1 aromatic carbocycles. The highest BCUT2D eigenvalue weighted by atomic mass is 35.7.